The lowest BCUT2D eigenvalue weighted by molar-refractivity contribution is 0.200. The van der Waals surface area contributed by atoms with Crippen molar-refractivity contribution in [2.45, 2.75) is 44.9 Å². The third-order valence-corrected chi connectivity index (χ3v) is 4.73. The predicted octanol–water partition coefficient (Wildman–Crippen LogP) is 3.37. The fourth-order valence-corrected chi connectivity index (χ4v) is 3.54. The van der Waals surface area contributed by atoms with Gasteiger partial charge in [-0.15, -0.1) is 11.6 Å². The van der Waals surface area contributed by atoms with E-state index in [2.05, 4.69) is 18.7 Å². The highest BCUT2D eigenvalue weighted by Crippen LogP contribution is 2.31. The molecule has 1 aliphatic heterocycles. The molecule has 2 heteroatoms. The van der Waals surface area contributed by atoms with Crippen molar-refractivity contribution in [1.29, 1.82) is 0 Å². The largest absolute Gasteiger partial charge is 0.301 e. The van der Waals surface area contributed by atoms with E-state index in [1.54, 1.807) is 0 Å². The van der Waals surface area contributed by atoms with Gasteiger partial charge < -0.3 is 4.90 Å². The highest BCUT2D eigenvalue weighted by Gasteiger charge is 2.30. The van der Waals surface area contributed by atoms with E-state index in [9.17, 15) is 0 Å². The number of hydrogen-bond donors (Lipinski definition) is 0. The lowest BCUT2D eigenvalue weighted by atomic mass is 9.82. The summed E-state index contributed by atoms with van der Waals surface area (Å²) in [4.78, 5) is 2.59. The standard InChI is InChI=1S/C13H24ClN/c1-10-4-3-5-12(6-10)8-15-7-11(2)13(14)9-15/h10-13H,3-9H2,1-2H3. The molecule has 88 valence electrons. The second-order valence-electron chi connectivity index (χ2n) is 5.85. The molecule has 1 saturated heterocycles. The zero-order valence-electron chi connectivity index (χ0n) is 10.1. The fraction of sp³-hybridized carbons (Fsp3) is 1.00. The summed E-state index contributed by atoms with van der Waals surface area (Å²) in [5, 5.41) is 0.394. The van der Waals surface area contributed by atoms with Crippen molar-refractivity contribution in [3.8, 4) is 0 Å². The first-order valence-corrected chi connectivity index (χ1v) is 6.95. The number of hydrogen-bond acceptors (Lipinski definition) is 1. The zero-order valence-corrected chi connectivity index (χ0v) is 10.8. The first kappa shape index (κ1) is 11.7. The number of halogens is 1. The highest BCUT2D eigenvalue weighted by molar-refractivity contribution is 6.21. The van der Waals surface area contributed by atoms with Gasteiger partial charge in [0.15, 0.2) is 0 Å². The highest BCUT2D eigenvalue weighted by atomic mass is 35.5. The van der Waals surface area contributed by atoms with Crippen LogP contribution in [0.25, 0.3) is 0 Å². The fourth-order valence-electron chi connectivity index (χ4n) is 3.26. The third kappa shape index (κ3) is 3.10. The minimum Gasteiger partial charge on any atom is -0.301 e. The minimum atomic E-state index is 0.394. The van der Waals surface area contributed by atoms with Crippen molar-refractivity contribution in [2.75, 3.05) is 19.6 Å². The summed E-state index contributed by atoms with van der Waals surface area (Å²) in [5.74, 6) is 2.59. The maximum atomic E-state index is 6.26. The average Bonchev–Trinajstić information content (AvgIpc) is 2.45. The van der Waals surface area contributed by atoms with E-state index in [-0.39, 0.29) is 0 Å². The molecule has 0 bridgehead atoms. The molecule has 0 spiro atoms. The van der Waals surface area contributed by atoms with E-state index >= 15 is 0 Å². The molecule has 0 N–H and O–H groups in total. The maximum Gasteiger partial charge on any atom is 0.0500 e. The molecule has 2 rings (SSSR count). The van der Waals surface area contributed by atoms with E-state index in [1.807, 2.05) is 0 Å². The molecule has 0 radical (unpaired) electrons. The second kappa shape index (κ2) is 5.05. The molecule has 1 heterocycles. The van der Waals surface area contributed by atoms with Crippen LogP contribution in [0.4, 0.5) is 0 Å². The summed E-state index contributed by atoms with van der Waals surface area (Å²) in [6.07, 6.45) is 5.78. The van der Waals surface area contributed by atoms with Crippen LogP contribution in [-0.4, -0.2) is 29.9 Å². The van der Waals surface area contributed by atoms with E-state index in [4.69, 9.17) is 11.6 Å². The van der Waals surface area contributed by atoms with E-state index in [0.717, 1.165) is 18.4 Å². The lowest BCUT2D eigenvalue weighted by Crippen LogP contribution is -2.30. The molecule has 1 aliphatic carbocycles. The molecule has 0 aromatic heterocycles. The minimum absolute atomic E-state index is 0.394. The maximum absolute atomic E-state index is 6.26. The Morgan fingerprint density at radius 3 is 2.60 bits per heavy atom. The third-order valence-electron chi connectivity index (χ3n) is 4.16. The van der Waals surface area contributed by atoms with Crippen molar-refractivity contribution in [2.24, 2.45) is 17.8 Å². The van der Waals surface area contributed by atoms with Gasteiger partial charge in [-0.3, -0.25) is 0 Å². The van der Waals surface area contributed by atoms with Crippen LogP contribution in [0.3, 0.4) is 0 Å². The van der Waals surface area contributed by atoms with E-state index in [1.165, 1.54) is 38.8 Å². The van der Waals surface area contributed by atoms with E-state index < -0.39 is 0 Å². The Labute approximate surface area is 99.2 Å². The predicted molar refractivity (Wildman–Crippen MR) is 66.4 cm³/mol. The normalized spacial score (nSPS) is 43.4. The van der Waals surface area contributed by atoms with E-state index in [0.29, 0.717) is 11.3 Å². The van der Waals surface area contributed by atoms with Crippen molar-refractivity contribution in [1.82, 2.24) is 4.90 Å². The SMILES string of the molecule is CC1CCCC(CN2CC(C)C(Cl)C2)C1. The monoisotopic (exact) mass is 229 g/mol. The summed E-state index contributed by atoms with van der Waals surface area (Å²) in [6.45, 7) is 8.33. The molecule has 1 saturated carbocycles. The number of rotatable bonds is 2. The Morgan fingerprint density at radius 2 is 2.00 bits per heavy atom. The summed E-state index contributed by atoms with van der Waals surface area (Å²) in [5.41, 5.74) is 0. The van der Waals surface area contributed by atoms with Gasteiger partial charge in [0.25, 0.3) is 0 Å². The topological polar surface area (TPSA) is 3.24 Å². The smallest absolute Gasteiger partial charge is 0.0500 e. The molecule has 1 nitrogen and oxygen atoms in total. The first-order valence-electron chi connectivity index (χ1n) is 6.51. The summed E-state index contributed by atoms with van der Waals surface area (Å²) < 4.78 is 0. The molecule has 4 atom stereocenters. The Kier molecular flexibility index (Phi) is 3.95. The van der Waals surface area contributed by atoms with Gasteiger partial charge >= 0.3 is 0 Å². The molecule has 2 aliphatic rings. The number of alkyl halides is 1. The molecule has 4 unspecified atom stereocenters. The van der Waals surface area contributed by atoms with Gasteiger partial charge in [0.1, 0.15) is 0 Å². The van der Waals surface area contributed by atoms with Crippen LogP contribution in [0, 0.1) is 17.8 Å². The van der Waals surface area contributed by atoms with Crippen LogP contribution >= 0.6 is 11.6 Å². The van der Waals surface area contributed by atoms with Crippen LogP contribution < -0.4 is 0 Å². The van der Waals surface area contributed by atoms with Gasteiger partial charge in [0, 0.05) is 19.6 Å². The average molecular weight is 230 g/mol. The zero-order chi connectivity index (χ0) is 10.8. The van der Waals surface area contributed by atoms with Crippen molar-refractivity contribution >= 4 is 11.6 Å². The second-order valence-corrected chi connectivity index (χ2v) is 6.41. The first-order chi connectivity index (χ1) is 7.15. The molecule has 15 heavy (non-hydrogen) atoms. The van der Waals surface area contributed by atoms with Crippen LogP contribution in [0.2, 0.25) is 0 Å². The quantitative estimate of drug-likeness (QED) is 0.657. The Bertz CT molecular complexity index is 194. The molecule has 0 amide bonds. The van der Waals surface area contributed by atoms with Gasteiger partial charge in [-0.2, -0.15) is 0 Å². The summed E-state index contributed by atoms with van der Waals surface area (Å²) in [6, 6.07) is 0. The van der Waals surface area contributed by atoms with Crippen molar-refractivity contribution in [3.63, 3.8) is 0 Å². The van der Waals surface area contributed by atoms with Gasteiger partial charge in [0.05, 0.1) is 5.38 Å². The van der Waals surface area contributed by atoms with Gasteiger partial charge in [-0.25, -0.2) is 0 Å². The van der Waals surface area contributed by atoms with Crippen LogP contribution in [0.15, 0.2) is 0 Å². The molecular formula is C13H24ClN. The van der Waals surface area contributed by atoms with Crippen LogP contribution in [0.1, 0.15) is 39.5 Å². The molecule has 0 aromatic rings. The summed E-state index contributed by atoms with van der Waals surface area (Å²) in [7, 11) is 0. The number of likely N-dealkylation sites (tertiary alicyclic amines) is 1. The van der Waals surface area contributed by atoms with Gasteiger partial charge in [0.2, 0.25) is 0 Å². The van der Waals surface area contributed by atoms with Gasteiger partial charge in [-0.1, -0.05) is 26.7 Å². The molecular weight excluding hydrogens is 206 g/mol. The molecule has 2 fully saturated rings. The van der Waals surface area contributed by atoms with Crippen molar-refractivity contribution < 1.29 is 0 Å². The number of nitrogens with zero attached hydrogens (tertiary/aromatic N) is 1. The van der Waals surface area contributed by atoms with Crippen molar-refractivity contribution in [3.05, 3.63) is 0 Å². The van der Waals surface area contributed by atoms with Crippen LogP contribution in [-0.2, 0) is 0 Å². The Balaban J connectivity index is 1.77. The van der Waals surface area contributed by atoms with Gasteiger partial charge in [-0.05, 0) is 30.6 Å². The Hall–Kier alpha value is 0.250. The summed E-state index contributed by atoms with van der Waals surface area (Å²) >= 11 is 6.26. The van der Waals surface area contributed by atoms with Crippen LogP contribution in [0.5, 0.6) is 0 Å². The Morgan fingerprint density at radius 1 is 1.20 bits per heavy atom. The lowest BCUT2D eigenvalue weighted by Gasteiger charge is -2.30. The molecule has 0 aromatic carbocycles.